The molecule has 1 aliphatic heterocycles. The molecule has 1 N–H and O–H groups in total. The highest BCUT2D eigenvalue weighted by Gasteiger charge is 2.28. The first-order valence-corrected chi connectivity index (χ1v) is 8.71. The number of aromatic carboxylic acids is 1. The molecule has 4 nitrogen and oxygen atoms in total. The number of hydrogen-bond acceptors (Lipinski definition) is 3. The third-order valence-electron chi connectivity index (χ3n) is 4.79. The van der Waals surface area contributed by atoms with Gasteiger partial charge in [-0.05, 0) is 62.2 Å². The van der Waals surface area contributed by atoms with Crippen molar-refractivity contribution < 1.29 is 9.90 Å². The molecule has 134 valence electrons. The first-order valence-electron chi connectivity index (χ1n) is 8.34. The standard InChI is InChI=1S/C21H21ClN2O2/c1-13-11-21(2,3)24(4)19-8-5-14(9-16(13)19)12-23-18-10-15(20(25)26)6-7-17(18)22/h5-12H,1-4H3,(H,25,26). The highest BCUT2D eigenvalue weighted by Crippen LogP contribution is 2.38. The minimum absolute atomic E-state index is 0.0303. The van der Waals surface area contributed by atoms with Crippen molar-refractivity contribution in [1.82, 2.24) is 0 Å². The van der Waals surface area contributed by atoms with E-state index in [1.165, 1.54) is 29.0 Å². The smallest absolute Gasteiger partial charge is 0.335 e. The Morgan fingerprint density at radius 2 is 1.96 bits per heavy atom. The second-order valence-electron chi connectivity index (χ2n) is 7.05. The normalized spacial score (nSPS) is 15.7. The van der Waals surface area contributed by atoms with E-state index in [0.717, 1.165) is 5.56 Å². The quantitative estimate of drug-likeness (QED) is 0.736. The fourth-order valence-electron chi connectivity index (χ4n) is 3.15. The topological polar surface area (TPSA) is 52.9 Å². The van der Waals surface area contributed by atoms with Gasteiger partial charge in [-0.1, -0.05) is 23.7 Å². The molecular weight excluding hydrogens is 348 g/mol. The van der Waals surface area contributed by atoms with Gasteiger partial charge in [-0.25, -0.2) is 4.79 Å². The molecule has 0 aliphatic carbocycles. The second kappa shape index (κ2) is 6.61. The molecule has 26 heavy (non-hydrogen) atoms. The Bertz CT molecular complexity index is 945. The van der Waals surface area contributed by atoms with Crippen LogP contribution in [0.15, 0.2) is 47.5 Å². The Balaban J connectivity index is 1.96. The summed E-state index contributed by atoms with van der Waals surface area (Å²) in [5.41, 5.74) is 5.08. The van der Waals surface area contributed by atoms with Gasteiger partial charge in [0.1, 0.15) is 0 Å². The van der Waals surface area contributed by atoms with Gasteiger partial charge in [-0.3, -0.25) is 4.99 Å². The third kappa shape index (κ3) is 3.37. The fraction of sp³-hybridized carbons (Fsp3) is 0.238. The van der Waals surface area contributed by atoms with Crippen LogP contribution >= 0.6 is 11.6 Å². The molecule has 2 aromatic rings. The van der Waals surface area contributed by atoms with Crippen molar-refractivity contribution in [1.29, 1.82) is 0 Å². The van der Waals surface area contributed by atoms with Crippen LogP contribution in [-0.4, -0.2) is 29.9 Å². The van der Waals surface area contributed by atoms with Crippen LogP contribution in [0.1, 0.15) is 42.3 Å². The SMILES string of the molecule is CC1=CC(C)(C)N(C)c2ccc(C=Nc3cc(C(=O)O)ccc3Cl)cc21. The van der Waals surface area contributed by atoms with Crippen LogP contribution in [0.5, 0.6) is 0 Å². The minimum Gasteiger partial charge on any atom is -0.478 e. The number of benzene rings is 2. The average molecular weight is 369 g/mol. The zero-order valence-corrected chi connectivity index (χ0v) is 16.0. The molecule has 0 radical (unpaired) electrons. The van der Waals surface area contributed by atoms with Gasteiger partial charge in [0.2, 0.25) is 0 Å². The predicted octanol–water partition coefficient (Wildman–Crippen LogP) is 5.42. The maximum atomic E-state index is 11.1. The van der Waals surface area contributed by atoms with Crippen molar-refractivity contribution in [2.45, 2.75) is 26.3 Å². The Kier molecular flexibility index (Phi) is 4.63. The number of halogens is 1. The van der Waals surface area contributed by atoms with Gasteiger partial charge in [0, 0.05) is 24.5 Å². The highest BCUT2D eigenvalue weighted by atomic mass is 35.5. The van der Waals surface area contributed by atoms with Crippen molar-refractivity contribution >= 4 is 40.7 Å². The largest absolute Gasteiger partial charge is 0.478 e. The Labute approximate surface area is 158 Å². The lowest BCUT2D eigenvalue weighted by molar-refractivity contribution is 0.0697. The third-order valence-corrected chi connectivity index (χ3v) is 5.11. The molecule has 0 unspecified atom stereocenters. The van der Waals surface area contributed by atoms with Gasteiger partial charge in [0.15, 0.2) is 0 Å². The summed E-state index contributed by atoms with van der Waals surface area (Å²) < 4.78 is 0. The van der Waals surface area contributed by atoms with E-state index < -0.39 is 5.97 Å². The van der Waals surface area contributed by atoms with Crippen LogP contribution in [0, 0.1) is 0 Å². The van der Waals surface area contributed by atoms with Crippen molar-refractivity contribution in [2.75, 3.05) is 11.9 Å². The number of allylic oxidation sites excluding steroid dienone is 1. The number of nitrogens with zero attached hydrogens (tertiary/aromatic N) is 2. The number of rotatable bonds is 3. The molecule has 0 spiro atoms. The predicted molar refractivity (Wildman–Crippen MR) is 108 cm³/mol. The number of carbonyl (C=O) groups is 1. The zero-order valence-electron chi connectivity index (χ0n) is 15.2. The van der Waals surface area contributed by atoms with E-state index in [0.29, 0.717) is 10.7 Å². The summed E-state index contributed by atoms with van der Waals surface area (Å²) in [5.74, 6) is -1.00. The molecule has 1 heterocycles. The van der Waals surface area contributed by atoms with Crippen molar-refractivity contribution in [3.8, 4) is 0 Å². The van der Waals surface area contributed by atoms with E-state index in [2.05, 4.69) is 55.9 Å². The summed E-state index contributed by atoms with van der Waals surface area (Å²) in [6, 6.07) is 10.7. The van der Waals surface area contributed by atoms with Crippen LogP contribution in [0.4, 0.5) is 11.4 Å². The van der Waals surface area contributed by atoms with Gasteiger partial charge >= 0.3 is 5.97 Å². The second-order valence-corrected chi connectivity index (χ2v) is 7.45. The molecule has 0 saturated heterocycles. The molecule has 0 atom stereocenters. The summed E-state index contributed by atoms with van der Waals surface area (Å²) in [7, 11) is 2.09. The van der Waals surface area contributed by atoms with Crippen molar-refractivity contribution in [3.05, 3.63) is 64.2 Å². The number of aliphatic imine (C=N–C) groups is 1. The van der Waals surface area contributed by atoms with E-state index in [-0.39, 0.29) is 11.1 Å². The number of fused-ring (bicyclic) bond motifs is 1. The molecule has 2 aromatic carbocycles. The molecule has 0 saturated carbocycles. The molecule has 0 aromatic heterocycles. The number of anilines is 1. The number of hydrogen-bond donors (Lipinski definition) is 1. The molecule has 1 aliphatic rings. The van der Waals surface area contributed by atoms with Crippen LogP contribution < -0.4 is 4.90 Å². The Hall–Kier alpha value is -2.59. The molecule has 0 bridgehead atoms. The summed E-state index contributed by atoms with van der Waals surface area (Å²) in [6.07, 6.45) is 3.96. The lowest BCUT2D eigenvalue weighted by Gasteiger charge is -2.40. The fourth-order valence-corrected chi connectivity index (χ4v) is 3.31. The number of carboxylic acid groups (broad SMARTS) is 1. The van der Waals surface area contributed by atoms with Crippen molar-refractivity contribution in [3.63, 3.8) is 0 Å². The maximum Gasteiger partial charge on any atom is 0.335 e. The summed E-state index contributed by atoms with van der Waals surface area (Å²) in [4.78, 5) is 17.8. The van der Waals surface area contributed by atoms with E-state index in [9.17, 15) is 4.79 Å². The minimum atomic E-state index is -1.00. The summed E-state index contributed by atoms with van der Waals surface area (Å²) >= 11 is 6.13. The highest BCUT2D eigenvalue weighted by molar-refractivity contribution is 6.33. The van der Waals surface area contributed by atoms with Gasteiger partial charge < -0.3 is 10.0 Å². The Morgan fingerprint density at radius 1 is 1.23 bits per heavy atom. The van der Waals surface area contributed by atoms with Crippen molar-refractivity contribution in [2.24, 2.45) is 4.99 Å². The molecular formula is C21H21ClN2O2. The summed E-state index contributed by atoms with van der Waals surface area (Å²) in [5, 5.41) is 9.53. The molecule has 5 heteroatoms. The number of carboxylic acids is 1. The van der Waals surface area contributed by atoms with Gasteiger partial charge in [-0.2, -0.15) is 0 Å². The molecule has 0 amide bonds. The first kappa shape index (κ1) is 18.2. The number of likely N-dealkylation sites (N-methyl/N-ethyl adjacent to an activating group) is 1. The van der Waals surface area contributed by atoms with Crippen LogP contribution in [0.3, 0.4) is 0 Å². The van der Waals surface area contributed by atoms with E-state index in [1.54, 1.807) is 12.3 Å². The van der Waals surface area contributed by atoms with E-state index in [1.807, 2.05) is 6.07 Å². The summed E-state index contributed by atoms with van der Waals surface area (Å²) in [6.45, 7) is 6.49. The maximum absolute atomic E-state index is 11.1. The average Bonchev–Trinajstić information content (AvgIpc) is 2.58. The lowest BCUT2D eigenvalue weighted by atomic mass is 9.89. The molecule has 0 fully saturated rings. The van der Waals surface area contributed by atoms with Crippen LogP contribution in [0.2, 0.25) is 5.02 Å². The van der Waals surface area contributed by atoms with Crippen LogP contribution in [0.25, 0.3) is 5.57 Å². The van der Waals surface area contributed by atoms with Crippen LogP contribution in [-0.2, 0) is 0 Å². The monoisotopic (exact) mass is 368 g/mol. The van der Waals surface area contributed by atoms with Gasteiger partial charge in [-0.15, -0.1) is 0 Å². The Morgan fingerprint density at radius 3 is 2.65 bits per heavy atom. The molecule has 3 rings (SSSR count). The van der Waals surface area contributed by atoms with E-state index >= 15 is 0 Å². The van der Waals surface area contributed by atoms with E-state index in [4.69, 9.17) is 16.7 Å². The van der Waals surface area contributed by atoms with Gasteiger partial charge in [0.05, 0.1) is 21.8 Å². The van der Waals surface area contributed by atoms with Gasteiger partial charge in [0.25, 0.3) is 0 Å². The zero-order chi connectivity index (χ0) is 19.1. The first-order chi connectivity index (χ1) is 12.2. The lowest BCUT2D eigenvalue weighted by Crippen LogP contribution is -2.42.